The lowest BCUT2D eigenvalue weighted by Crippen LogP contribution is -1.97. The van der Waals surface area contributed by atoms with Crippen LogP contribution in [0.1, 0.15) is 18.8 Å². The Kier molecular flexibility index (Phi) is 2.10. The Labute approximate surface area is 61.6 Å². The quantitative estimate of drug-likeness (QED) is 0.634. The van der Waals surface area contributed by atoms with Crippen molar-refractivity contribution in [3.8, 4) is 0 Å². The maximum absolute atomic E-state index is 10.3. The zero-order valence-corrected chi connectivity index (χ0v) is 5.70. The van der Waals surface area contributed by atoms with Crippen LogP contribution in [0.5, 0.6) is 0 Å². The Morgan fingerprint density at radius 3 is 2.91 bits per heavy atom. The van der Waals surface area contributed by atoms with E-state index in [-0.39, 0.29) is 5.76 Å². The minimum absolute atomic E-state index is 0.165. The monoisotopic (exact) mass is 157 g/mol. The third-order valence-corrected chi connectivity index (χ3v) is 1.10. The van der Waals surface area contributed by atoms with Gasteiger partial charge in [0.25, 0.3) is 0 Å². The van der Waals surface area contributed by atoms with Gasteiger partial charge in [-0.15, -0.1) is 0 Å². The van der Waals surface area contributed by atoms with E-state index < -0.39 is 11.9 Å². The molecule has 0 bridgehead atoms. The molecule has 1 aromatic heterocycles. The molecule has 1 aromatic rings. The largest absolute Gasteiger partial charge is 0.518 e. The highest BCUT2D eigenvalue weighted by atomic mass is 16.6. The van der Waals surface area contributed by atoms with Crippen LogP contribution in [-0.4, -0.2) is 6.47 Å². The second kappa shape index (κ2) is 3.05. The average molecular weight is 157 g/mol. The molecule has 11 heavy (non-hydrogen) atoms. The zero-order valence-electron chi connectivity index (χ0n) is 5.70. The van der Waals surface area contributed by atoms with Crippen molar-refractivity contribution in [1.29, 1.82) is 0 Å². The van der Waals surface area contributed by atoms with Crippen molar-refractivity contribution in [3.05, 3.63) is 22.6 Å². The molecule has 0 N–H and O–H groups in total. The van der Waals surface area contributed by atoms with E-state index in [1.165, 1.54) is 13.4 Å². The second-order valence-electron chi connectivity index (χ2n) is 1.83. The van der Waals surface area contributed by atoms with E-state index >= 15 is 0 Å². The van der Waals surface area contributed by atoms with Gasteiger partial charge in [0.15, 0.2) is 11.9 Å². The first-order chi connectivity index (χ1) is 5.24. The Hall–Kier alpha value is -1.52. The van der Waals surface area contributed by atoms with Crippen LogP contribution in [0.2, 0.25) is 0 Å². The van der Waals surface area contributed by atoms with Crippen LogP contribution in [0, 0.1) is 0 Å². The molecule has 0 fully saturated rings. The van der Waals surface area contributed by atoms with Crippen molar-refractivity contribution in [2.45, 2.75) is 13.0 Å². The number of carbonyl (C=O) groups excluding carboxylic acids is 1. The fourth-order valence-corrected chi connectivity index (χ4v) is 0.560. The number of ether oxygens (including phenoxy) is 1. The molecular formula is C6H5O5. The lowest BCUT2D eigenvalue weighted by molar-refractivity contribution is 0.168. The van der Waals surface area contributed by atoms with E-state index in [9.17, 15) is 9.59 Å². The first-order valence-corrected chi connectivity index (χ1v) is 2.85. The summed E-state index contributed by atoms with van der Waals surface area (Å²) in [6, 6.07) is 0. The highest BCUT2D eigenvalue weighted by Gasteiger charge is 2.11. The van der Waals surface area contributed by atoms with Crippen LogP contribution in [0.4, 0.5) is 0 Å². The van der Waals surface area contributed by atoms with E-state index in [0.29, 0.717) is 0 Å². The maximum atomic E-state index is 10.3. The lowest BCUT2D eigenvalue weighted by Gasteiger charge is -2.00. The standard InChI is InChI=1S/C6H5O5/c1-4(10-3-7)5-2-9-6(8)11-5/h2,4H,1H3. The third-order valence-electron chi connectivity index (χ3n) is 1.10. The normalized spacial score (nSPS) is 12.5. The number of hydrogen-bond acceptors (Lipinski definition) is 5. The van der Waals surface area contributed by atoms with Gasteiger partial charge in [-0.2, -0.15) is 0 Å². The Balaban J connectivity index is 2.75. The van der Waals surface area contributed by atoms with E-state index in [1.807, 2.05) is 0 Å². The summed E-state index contributed by atoms with van der Waals surface area (Å²) in [4.78, 5) is 20.0. The van der Waals surface area contributed by atoms with Crippen molar-refractivity contribution in [1.82, 2.24) is 0 Å². The number of rotatable bonds is 3. The molecule has 1 rings (SSSR count). The SMILES string of the molecule is CC(O[C]=O)c1coc(=O)o1. The molecule has 1 atom stereocenters. The topological polar surface area (TPSA) is 69.7 Å². The van der Waals surface area contributed by atoms with Gasteiger partial charge in [-0.3, -0.25) is 0 Å². The van der Waals surface area contributed by atoms with E-state index in [2.05, 4.69) is 13.6 Å². The molecule has 0 spiro atoms. The summed E-state index contributed by atoms with van der Waals surface area (Å²) >= 11 is 0. The van der Waals surface area contributed by atoms with Gasteiger partial charge in [-0.05, 0) is 6.92 Å². The molecule has 59 valence electrons. The van der Waals surface area contributed by atoms with Crippen molar-refractivity contribution >= 4 is 6.47 Å². The molecule has 0 aliphatic carbocycles. The summed E-state index contributed by atoms with van der Waals surface area (Å²) in [7, 11) is 0. The Morgan fingerprint density at radius 2 is 2.45 bits per heavy atom. The first-order valence-electron chi connectivity index (χ1n) is 2.85. The third kappa shape index (κ3) is 1.70. The summed E-state index contributed by atoms with van der Waals surface area (Å²) < 4.78 is 13.1. The highest BCUT2D eigenvalue weighted by molar-refractivity contribution is 5.38. The van der Waals surface area contributed by atoms with Gasteiger partial charge in [0.1, 0.15) is 6.26 Å². The number of hydrogen-bond donors (Lipinski definition) is 0. The van der Waals surface area contributed by atoms with Crippen LogP contribution in [-0.2, 0) is 9.53 Å². The van der Waals surface area contributed by atoms with E-state index in [4.69, 9.17) is 0 Å². The Bertz CT molecular complexity index is 283. The lowest BCUT2D eigenvalue weighted by atomic mass is 10.3. The molecule has 0 saturated heterocycles. The minimum atomic E-state index is -0.818. The van der Waals surface area contributed by atoms with Gasteiger partial charge in [-0.25, -0.2) is 9.59 Å². The summed E-state index contributed by atoms with van der Waals surface area (Å²) in [6.07, 6.45) is 0.448. The molecule has 0 aromatic carbocycles. The molecule has 5 nitrogen and oxygen atoms in total. The molecule has 0 aliphatic rings. The maximum Gasteiger partial charge on any atom is 0.518 e. The van der Waals surface area contributed by atoms with Crippen LogP contribution in [0.15, 0.2) is 19.9 Å². The van der Waals surface area contributed by atoms with Crippen molar-refractivity contribution in [2.24, 2.45) is 0 Å². The van der Waals surface area contributed by atoms with Gasteiger partial charge >= 0.3 is 12.3 Å². The smallest absolute Gasteiger partial charge is 0.446 e. The molecule has 1 heterocycles. The fourth-order valence-electron chi connectivity index (χ4n) is 0.560. The summed E-state index contributed by atoms with van der Waals surface area (Å²) in [5.74, 6) is -0.653. The van der Waals surface area contributed by atoms with Gasteiger partial charge in [-0.1, -0.05) is 0 Å². The molecule has 0 saturated carbocycles. The molecule has 0 amide bonds. The van der Waals surface area contributed by atoms with Crippen LogP contribution in [0.3, 0.4) is 0 Å². The van der Waals surface area contributed by atoms with Gasteiger partial charge in [0.2, 0.25) is 0 Å². The zero-order chi connectivity index (χ0) is 8.27. The van der Waals surface area contributed by atoms with Gasteiger partial charge in [0.05, 0.1) is 0 Å². The predicted molar refractivity (Wildman–Crippen MR) is 32.4 cm³/mol. The van der Waals surface area contributed by atoms with Crippen LogP contribution < -0.4 is 5.82 Å². The summed E-state index contributed by atoms with van der Waals surface area (Å²) in [5.41, 5.74) is 0. The van der Waals surface area contributed by atoms with Crippen LogP contribution >= 0.6 is 0 Å². The molecule has 0 aliphatic heterocycles. The second-order valence-corrected chi connectivity index (χ2v) is 1.83. The van der Waals surface area contributed by atoms with Crippen molar-refractivity contribution in [3.63, 3.8) is 0 Å². The summed E-state index contributed by atoms with van der Waals surface area (Å²) in [6.45, 7) is 2.75. The molecule has 1 unspecified atom stereocenters. The van der Waals surface area contributed by atoms with Crippen molar-refractivity contribution < 1.29 is 18.4 Å². The van der Waals surface area contributed by atoms with Gasteiger partial charge < -0.3 is 13.6 Å². The predicted octanol–water partition coefficient (Wildman–Crippen LogP) is 0.378. The van der Waals surface area contributed by atoms with Crippen molar-refractivity contribution in [2.75, 3.05) is 0 Å². The van der Waals surface area contributed by atoms with E-state index in [0.717, 1.165) is 6.26 Å². The molecular weight excluding hydrogens is 152 g/mol. The molecule has 5 heteroatoms. The summed E-state index contributed by atoms with van der Waals surface area (Å²) in [5, 5.41) is 0. The molecule has 1 radical (unpaired) electrons. The minimum Gasteiger partial charge on any atom is -0.446 e. The Morgan fingerprint density at radius 1 is 1.73 bits per heavy atom. The average Bonchev–Trinajstić information content (AvgIpc) is 2.36. The highest BCUT2D eigenvalue weighted by Crippen LogP contribution is 2.12. The van der Waals surface area contributed by atoms with E-state index in [1.54, 1.807) is 0 Å². The van der Waals surface area contributed by atoms with Crippen LogP contribution in [0.25, 0.3) is 0 Å². The first kappa shape index (κ1) is 7.59. The van der Waals surface area contributed by atoms with Gasteiger partial charge in [0, 0.05) is 0 Å². The fraction of sp³-hybridized carbons (Fsp3) is 0.333.